The van der Waals surface area contributed by atoms with Crippen molar-refractivity contribution in [2.24, 2.45) is 5.73 Å². The van der Waals surface area contributed by atoms with Gasteiger partial charge in [-0.15, -0.1) is 0 Å². The first-order valence-corrected chi connectivity index (χ1v) is 6.25. The molecule has 1 aromatic carbocycles. The zero-order valence-corrected chi connectivity index (χ0v) is 10.4. The molecule has 0 saturated carbocycles. The number of nitrogens with two attached hydrogens (primary N) is 1. The number of amides is 1. The van der Waals surface area contributed by atoms with Gasteiger partial charge in [0, 0.05) is 12.1 Å². The summed E-state index contributed by atoms with van der Waals surface area (Å²) in [6.45, 7) is 0.395. The number of anilines is 1. The van der Waals surface area contributed by atoms with Crippen molar-refractivity contribution >= 4 is 22.4 Å². The Morgan fingerprint density at radius 2 is 2.11 bits per heavy atom. The fourth-order valence-corrected chi connectivity index (χ4v) is 2.38. The fraction of sp³-hybridized carbons (Fsp3) is 0.167. The molecule has 4 N–H and O–H groups in total. The van der Waals surface area contributed by atoms with Gasteiger partial charge in [-0.3, -0.25) is 4.79 Å². The summed E-state index contributed by atoms with van der Waals surface area (Å²) in [4.78, 5) is 16.2. The first-order valence-electron chi connectivity index (χ1n) is 5.43. The smallest absolute Gasteiger partial charge is 0.261 e. The number of thiazole rings is 1. The zero-order chi connectivity index (χ0) is 13.0. The van der Waals surface area contributed by atoms with Crippen LogP contribution in [0.5, 0.6) is 0 Å². The van der Waals surface area contributed by atoms with Crippen LogP contribution in [0, 0.1) is 0 Å². The van der Waals surface area contributed by atoms with Crippen LogP contribution < -0.4 is 11.1 Å². The highest BCUT2D eigenvalue weighted by atomic mass is 32.1. The summed E-state index contributed by atoms with van der Waals surface area (Å²) in [7, 11) is 0. The van der Waals surface area contributed by atoms with Crippen molar-refractivity contribution in [3.8, 4) is 11.3 Å². The second kappa shape index (κ2) is 5.61. The van der Waals surface area contributed by atoms with Crippen LogP contribution in [0.3, 0.4) is 0 Å². The van der Waals surface area contributed by atoms with Gasteiger partial charge in [-0.25, -0.2) is 4.98 Å². The van der Waals surface area contributed by atoms with Crippen LogP contribution in [0.25, 0.3) is 11.3 Å². The molecule has 0 saturated heterocycles. The number of rotatable bonds is 5. The van der Waals surface area contributed by atoms with Crippen molar-refractivity contribution in [3.63, 3.8) is 0 Å². The van der Waals surface area contributed by atoms with Gasteiger partial charge in [0.05, 0.1) is 12.3 Å². The average molecular weight is 263 g/mol. The molecule has 0 spiro atoms. The minimum absolute atomic E-state index is 0.00611. The maximum atomic E-state index is 11.4. The molecule has 0 unspecified atom stereocenters. The third-order valence-electron chi connectivity index (χ3n) is 2.29. The lowest BCUT2D eigenvalue weighted by Crippen LogP contribution is -2.10. The molecule has 0 radical (unpaired) electrons. The Morgan fingerprint density at radius 1 is 1.39 bits per heavy atom. The van der Waals surface area contributed by atoms with Gasteiger partial charge in [0.1, 0.15) is 4.88 Å². The van der Waals surface area contributed by atoms with Crippen LogP contribution in [0.4, 0.5) is 5.13 Å². The molecular formula is C12H13N3O2S. The van der Waals surface area contributed by atoms with Gasteiger partial charge >= 0.3 is 0 Å². The monoisotopic (exact) mass is 263 g/mol. The summed E-state index contributed by atoms with van der Waals surface area (Å²) >= 11 is 1.19. The van der Waals surface area contributed by atoms with E-state index < -0.39 is 5.91 Å². The predicted molar refractivity (Wildman–Crippen MR) is 71.6 cm³/mol. The fourth-order valence-electron chi connectivity index (χ4n) is 1.52. The minimum atomic E-state index is -0.497. The molecule has 0 aliphatic rings. The number of hydrogen-bond acceptors (Lipinski definition) is 5. The largest absolute Gasteiger partial charge is 0.395 e. The molecule has 2 rings (SSSR count). The average Bonchev–Trinajstić information content (AvgIpc) is 2.82. The Kier molecular flexibility index (Phi) is 3.91. The molecule has 0 aliphatic heterocycles. The number of carbonyl (C=O) groups excluding carboxylic acids is 1. The molecule has 5 nitrogen and oxygen atoms in total. The van der Waals surface area contributed by atoms with Crippen LogP contribution in [0.15, 0.2) is 30.3 Å². The van der Waals surface area contributed by atoms with Crippen LogP contribution in [0.1, 0.15) is 9.67 Å². The number of hydrogen-bond donors (Lipinski definition) is 3. The SMILES string of the molecule is NC(=O)c1sc(NCCO)nc1-c1ccccc1. The molecule has 1 heterocycles. The van der Waals surface area contributed by atoms with E-state index in [2.05, 4.69) is 10.3 Å². The number of nitrogens with zero attached hydrogens (tertiary/aromatic N) is 1. The molecule has 6 heteroatoms. The Bertz CT molecular complexity index is 540. The normalized spacial score (nSPS) is 10.3. The van der Waals surface area contributed by atoms with Gasteiger partial charge in [-0.1, -0.05) is 41.7 Å². The number of benzene rings is 1. The Hall–Kier alpha value is -1.92. The third kappa shape index (κ3) is 2.66. The summed E-state index contributed by atoms with van der Waals surface area (Å²) in [6.07, 6.45) is 0. The van der Waals surface area contributed by atoms with Gasteiger partial charge in [0.25, 0.3) is 5.91 Å². The van der Waals surface area contributed by atoms with E-state index in [1.807, 2.05) is 30.3 Å². The van der Waals surface area contributed by atoms with Crippen LogP contribution >= 0.6 is 11.3 Å². The summed E-state index contributed by atoms with van der Waals surface area (Å²) in [5.41, 5.74) is 6.77. The number of primary amides is 1. The van der Waals surface area contributed by atoms with E-state index in [9.17, 15) is 4.79 Å². The van der Waals surface area contributed by atoms with E-state index in [-0.39, 0.29) is 6.61 Å². The molecule has 0 atom stereocenters. The number of aromatic nitrogens is 1. The lowest BCUT2D eigenvalue weighted by molar-refractivity contribution is 0.100. The van der Waals surface area contributed by atoms with Crippen LogP contribution in [-0.4, -0.2) is 29.1 Å². The first kappa shape index (κ1) is 12.5. The maximum Gasteiger partial charge on any atom is 0.261 e. The van der Waals surface area contributed by atoms with Crippen molar-refractivity contribution in [2.75, 3.05) is 18.5 Å². The predicted octanol–water partition coefficient (Wildman–Crippen LogP) is 1.31. The minimum Gasteiger partial charge on any atom is -0.395 e. The molecule has 94 valence electrons. The van der Waals surface area contributed by atoms with Gasteiger partial charge in [0.15, 0.2) is 5.13 Å². The molecular weight excluding hydrogens is 250 g/mol. The van der Waals surface area contributed by atoms with Crippen LogP contribution in [-0.2, 0) is 0 Å². The molecule has 18 heavy (non-hydrogen) atoms. The molecule has 1 aromatic heterocycles. The summed E-state index contributed by atoms with van der Waals surface area (Å²) < 4.78 is 0. The standard InChI is InChI=1S/C12H13N3O2S/c13-11(17)10-9(8-4-2-1-3-5-8)15-12(18-10)14-6-7-16/h1-5,16H,6-7H2,(H2,13,17)(H,14,15). The van der Waals surface area contributed by atoms with Crippen molar-refractivity contribution in [1.29, 1.82) is 0 Å². The summed E-state index contributed by atoms with van der Waals surface area (Å²) in [5.74, 6) is -0.497. The number of nitrogens with one attached hydrogen (secondary N) is 1. The van der Waals surface area contributed by atoms with Crippen molar-refractivity contribution in [3.05, 3.63) is 35.2 Å². The van der Waals surface area contributed by atoms with E-state index in [4.69, 9.17) is 10.8 Å². The third-order valence-corrected chi connectivity index (χ3v) is 3.31. The Morgan fingerprint density at radius 3 is 2.72 bits per heavy atom. The lowest BCUT2D eigenvalue weighted by atomic mass is 10.1. The van der Waals surface area contributed by atoms with Gasteiger partial charge < -0.3 is 16.2 Å². The quantitative estimate of drug-likeness (QED) is 0.759. The maximum absolute atomic E-state index is 11.4. The molecule has 0 fully saturated rings. The van der Waals surface area contributed by atoms with Crippen molar-refractivity contribution < 1.29 is 9.90 Å². The van der Waals surface area contributed by atoms with Crippen molar-refractivity contribution in [1.82, 2.24) is 4.98 Å². The van der Waals surface area contributed by atoms with Crippen LogP contribution in [0.2, 0.25) is 0 Å². The number of aliphatic hydroxyl groups is 1. The van der Waals surface area contributed by atoms with E-state index >= 15 is 0 Å². The summed E-state index contributed by atoms with van der Waals surface area (Å²) in [5, 5.41) is 12.3. The Balaban J connectivity index is 2.39. The van der Waals surface area contributed by atoms with Gasteiger partial charge in [-0.05, 0) is 0 Å². The zero-order valence-electron chi connectivity index (χ0n) is 9.59. The first-order chi connectivity index (χ1) is 8.72. The highest BCUT2D eigenvalue weighted by molar-refractivity contribution is 7.18. The topological polar surface area (TPSA) is 88.2 Å². The molecule has 2 aromatic rings. The number of aliphatic hydroxyl groups excluding tert-OH is 1. The van der Waals surface area contributed by atoms with E-state index in [0.29, 0.717) is 22.2 Å². The van der Waals surface area contributed by atoms with E-state index in [1.165, 1.54) is 11.3 Å². The molecule has 0 aliphatic carbocycles. The Labute approximate surface area is 108 Å². The lowest BCUT2D eigenvalue weighted by Gasteiger charge is -1.98. The van der Waals surface area contributed by atoms with Gasteiger partial charge in [-0.2, -0.15) is 0 Å². The van der Waals surface area contributed by atoms with E-state index in [1.54, 1.807) is 0 Å². The van der Waals surface area contributed by atoms with Gasteiger partial charge in [0.2, 0.25) is 0 Å². The second-order valence-corrected chi connectivity index (χ2v) is 4.58. The van der Waals surface area contributed by atoms with Crippen molar-refractivity contribution in [2.45, 2.75) is 0 Å². The highest BCUT2D eigenvalue weighted by Gasteiger charge is 2.16. The second-order valence-electron chi connectivity index (χ2n) is 3.58. The van der Waals surface area contributed by atoms with E-state index in [0.717, 1.165) is 5.56 Å². The number of carbonyl (C=O) groups is 1. The molecule has 1 amide bonds. The highest BCUT2D eigenvalue weighted by Crippen LogP contribution is 2.30. The molecule has 0 bridgehead atoms. The summed E-state index contributed by atoms with van der Waals surface area (Å²) in [6, 6.07) is 9.39.